The second kappa shape index (κ2) is 8.88. The van der Waals surface area contributed by atoms with Crippen LogP contribution in [0.25, 0.3) is 0 Å². The maximum Gasteiger partial charge on any atom is 0.238 e. The average molecular weight is 465 g/mol. The Morgan fingerprint density at radius 2 is 1.72 bits per heavy atom. The van der Waals surface area contributed by atoms with Gasteiger partial charge < -0.3 is 4.74 Å². The minimum absolute atomic E-state index is 0.0709. The second-order valence-corrected chi connectivity index (χ2v) is 8.85. The molecule has 0 unspecified atom stereocenters. The van der Waals surface area contributed by atoms with Crippen LogP contribution in [0.3, 0.4) is 0 Å². The molecule has 1 fully saturated rings. The molecule has 148 valence electrons. The van der Waals surface area contributed by atoms with E-state index < -0.39 is 0 Å². The van der Waals surface area contributed by atoms with Gasteiger partial charge in [0.05, 0.1) is 5.75 Å². The Morgan fingerprint density at radius 1 is 0.966 bits per heavy atom. The summed E-state index contributed by atoms with van der Waals surface area (Å²) < 4.78 is 5.94. The molecule has 1 aliphatic rings. The molecule has 0 aromatic heterocycles. The van der Waals surface area contributed by atoms with E-state index in [9.17, 15) is 4.79 Å². The number of hydrogen-bond donors (Lipinski definition) is 0. The summed E-state index contributed by atoms with van der Waals surface area (Å²) >= 11 is 19.8. The van der Waals surface area contributed by atoms with Crippen molar-refractivity contribution in [3.05, 3.63) is 92.9 Å². The first kappa shape index (κ1) is 20.4. The van der Waals surface area contributed by atoms with Crippen LogP contribution >= 0.6 is 46.6 Å². The van der Waals surface area contributed by atoms with Crippen LogP contribution in [0.1, 0.15) is 16.5 Å². The molecule has 1 aliphatic heterocycles. The summed E-state index contributed by atoms with van der Waals surface area (Å²) in [6, 6.07) is 20.4. The molecular weight excluding hydrogens is 449 g/mol. The maximum atomic E-state index is 12.5. The molecule has 0 saturated carbocycles. The third-order valence-corrected chi connectivity index (χ3v) is 6.58. The molecule has 29 heavy (non-hydrogen) atoms. The molecule has 1 saturated heterocycles. The Morgan fingerprint density at radius 3 is 2.48 bits per heavy atom. The summed E-state index contributed by atoms with van der Waals surface area (Å²) in [5.74, 6) is 1.21. The van der Waals surface area contributed by atoms with Gasteiger partial charge in [-0.2, -0.15) is 0 Å². The normalized spacial score (nSPS) is 16.3. The molecule has 0 aliphatic carbocycles. The van der Waals surface area contributed by atoms with Crippen molar-refractivity contribution in [3.63, 3.8) is 0 Å². The molecule has 7 heteroatoms. The fraction of sp³-hybridized carbons (Fsp3) is 0.136. The molecule has 0 spiro atoms. The average Bonchev–Trinajstić information content (AvgIpc) is 3.10. The number of halogens is 3. The van der Waals surface area contributed by atoms with Gasteiger partial charge in [-0.05, 0) is 54.1 Å². The molecule has 0 bridgehead atoms. The third-order valence-electron chi connectivity index (χ3n) is 4.53. The van der Waals surface area contributed by atoms with Gasteiger partial charge in [0.15, 0.2) is 0 Å². The second-order valence-electron chi connectivity index (χ2n) is 6.50. The number of anilines is 1. The van der Waals surface area contributed by atoms with Crippen molar-refractivity contribution >= 4 is 58.2 Å². The van der Waals surface area contributed by atoms with Gasteiger partial charge in [0.25, 0.3) is 0 Å². The first-order chi connectivity index (χ1) is 14.0. The highest BCUT2D eigenvalue weighted by Gasteiger charge is 2.34. The molecule has 1 amide bonds. The third kappa shape index (κ3) is 4.67. The SMILES string of the molecule is O=C1CS[C@@H](c2cccc(OCc3ccc(Cl)cc3Cl)c2)N1c1ccc(Cl)cc1. The van der Waals surface area contributed by atoms with Crippen LogP contribution in [-0.2, 0) is 11.4 Å². The van der Waals surface area contributed by atoms with Gasteiger partial charge in [-0.15, -0.1) is 11.8 Å². The van der Waals surface area contributed by atoms with Gasteiger partial charge in [0, 0.05) is 26.3 Å². The van der Waals surface area contributed by atoms with Crippen molar-refractivity contribution in [2.75, 3.05) is 10.7 Å². The van der Waals surface area contributed by atoms with Gasteiger partial charge >= 0.3 is 0 Å². The van der Waals surface area contributed by atoms with Crippen LogP contribution in [0.2, 0.25) is 15.1 Å². The van der Waals surface area contributed by atoms with Gasteiger partial charge in [-0.1, -0.05) is 53.0 Å². The molecule has 0 radical (unpaired) electrons. The monoisotopic (exact) mass is 463 g/mol. The molecule has 4 rings (SSSR count). The number of carbonyl (C=O) groups excluding carboxylic acids is 1. The Balaban J connectivity index is 1.54. The van der Waals surface area contributed by atoms with Crippen LogP contribution in [0.15, 0.2) is 66.7 Å². The number of ether oxygens (including phenoxy) is 1. The van der Waals surface area contributed by atoms with Crippen LogP contribution in [0.4, 0.5) is 5.69 Å². The summed E-state index contributed by atoms with van der Waals surface area (Å²) in [6.07, 6.45) is 0. The van der Waals surface area contributed by atoms with Crippen molar-refractivity contribution in [2.24, 2.45) is 0 Å². The zero-order chi connectivity index (χ0) is 20.4. The topological polar surface area (TPSA) is 29.5 Å². The highest BCUT2D eigenvalue weighted by Crippen LogP contribution is 2.42. The Hall–Kier alpha value is -1.85. The predicted molar refractivity (Wildman–Crippen MR) is 121 cm³/mol. The van der Waals surface area contributed by atoms with E-state index in [4.69, 9.17) is 39.5 Å². The molecule has 3 nitrogen and oxygen atoms in total. The van der Waals surface area contributed by atoms with Crippen molar-refractivity contribution in [1.29, 1.82) is 0 Å². The largest absolute Gasteiger partial charge is 0.489 e. The number of carbonyl (C=O) groups is 1. The van der Waals surface area contributed by atoms with E-state index in [0.717, 1.165) is 16.8 Å². The molecule has 3 aromatic carbocycles. The molecule has 0 N–H and O–H groups in total. The summed E-state index contributed by atoms with van der Waals surface area (Å²) in [5, 5.41) is 1.68. The Bertz CT molecular complexity index is 1040. The minimum Gasteiger partial charge on any atom is -0.489 e. The smallest absolute Gasteiger partial charge is 0.238 e. The van der Waals surface area contributed by atoms with E-state index in [1.807, 2.05) is 42.5 Å². The zero-order valence-corrected chi connectivity index (χ0v) is 18.2. The lowest BCUT2D eigenvalue weighted by Gasteiger charge is -2.24. The highest BCUT2D eigenvalue weighted by molar-refractivity contribution is 8.00. The summed E-state index contributed by atoms with van der Waals surface area (Å²) in [5.41, 5.74) is 2.68. The molecule has 1 atom stereocenters. The van der Waals surface area contributed by atoms with E-state index in [1.165, 1.54) is 0 Å². The van der Waals surface area contributed by atoms with Crippen LogP contribution in [-0.4, -0.2) is 11.7 Å². The number of rotatable bonds is 5. The fourth-order valence-electron chi connectivity index (χ4n) is 3.11. The van der Waals surface area contributed by atoms with Gasteiger partial charge in [0.1, 0.15) is 17.7 Å². The summed E-state index contributed by atoms with van der Waals surface area (Å²) in [7, 11) is 0. The maximum absolute atomic E-state index is 12.5. The van der Waals surface area contributed by atoms with Crippen LogP contribution < -0.4 is 9.64 Å². The minimum atomic E-state index is -0.119. The highest BCUT2D eigenvalue weighted by atomic mass is 35.5. The van der Waals surface area contributed by atoms with Gasteiger partial charge in [-0.25, -0.2) is 0 Å². The Kier molecular flexibility index (Phi) is 6.26. The zero-order valence-electron chi connectivity index (χ0n) is 15.1. The number of amides is 1. The molecule has 3 aromatic rings. The van der Waals surface area contributed by atoms with Crippen molar-refractivity contribution in [2.45, 2.75) is 12.0 Å². The van der Waals surface area contributed by atoms with Crippen LogP contribution in [0.5, 0.6) is 5.75 Å². The predicted octanol–water partition coefficient (Wildman–Crippen LogP) is 7.00. The van der Waals surface area contributed by atoms with Crippen molar-refractivity contribution in [3.8, 4) is 5.75 Å². The number of benzene rings is 3. The lowest BCUT2D eigenvalue weighted by molar-refractivity contribution is -0.115. The number of nitrogens with zero attached hydrogens (tertiary/aromatic N) is 1. The van der Waals surface area contributed by atoms with Crippen molar-refractivity contribution in [1.82, 2.24) is 0 Å². The van der Waals surface area contributed by atoms with E-state index in [2.05, 4.69) is 0 Å². The van der Waals surface area contributed by atoms with E-state index in [0.29, 0.717) is 33.2 Å². The van der Waals surface area contributed by atoms with Gasteiger partial charge in [-0.3, -0.25) is 9.69 Å². The summed E-state index contributed by atoms with van der Waals surface area (Å²) in [6.45, 7) is 0.330. The van der Waals surface area contributed by atoms with Gasteiger partial charge in [0.2, 0.25) is 5.91 Å². The van der Waals surface area contributed by atoms with Crippen LogP contribution in [0, 0.1) is 0 Å². The van der Waals surface area contributed by atoms with Crippen molar-refractivity contribution < 1.29 is 9.53 Å². The number of thioether (sulfide) groups is 1. The lowest BCUT2D eigenvalue weighted by Crippen LogP contribution is -2.27. The molecular formula is C22H16Cl3NO2S. The standard InChI is InChI=1S/C22H16Cl3NO2S/c23-16-6-8-18(9-7-16)26-21(27)13-29-22(26)14-2-1-3-19(10-14)28-12-15-4-5-17(24)11-20(15)25/h1-11,22H,12-13H2/t22-/m0/s1. The first-order valence-corrected chi connectivity index (χ1v) is 11.1. The quantitative estimate of drug-likeness (QED) is 0.407. The molecule has 1 heterocycles. The first-order valence-electron chi connectivity index (χ1n) is 8.87. The van der Waals surface area contributed by atoms with E-state index in [-0.39, 0.29) is 11.3 Å². The Labute approximate surface area is 188 Å². The fourth-order valence-corrected chi connectivity index (χ4v) is 4.87. The van der Waals surface area contributed by atoms with E-state index >= 15 is 0 Å². The lowest BCUT2D eigenvalue weighted by atomic mass is 10.1. The number of hydrogen-bond acceptors (Lipinski definition) is 3. The van der Waals surface area contributed by atoms with E-state index in [1.54, 1.807) is 40.9 Å². The summed E-state index contributed by atoms with van der Waals surface area (Å²) in [4.78, 5) is 14.3.